The van der Waals surface area contributed by atoms with Crippen LogP contribution < -0.4 is 0 Å². The fourth-order valence-electron chi connectivity index (χ4n) is 4.30. The summed E-state index contributed by atoms with van der Waals surface area (Å²) in [5, 5.41) is 20.3. The summed E-state index contributed by atoms with van der Waals surface area (Å²) >= 11 is 0. The lowest BCUT2D eigenvalue weighted by Gasteiger charge is -2.27. The van der Waals surface area contributed by atoms with E-state index in [-0.39, 0.29) is 23.0 Å². The molecule has 0 aliphatic rings. The van der Waals surface area contributed by atoms with E-state index in [9.17, 15) is 10.5 Å². The maximum Gasteiger partial charge on any atom is 0.171 e. The van der Waals surface area contributed by atoms with Crippen LogP contribution in [0.1, 0.15) is 115 Å². The van der Waals surface area contributed by atoms with E-state index < -0.39 is 18.1 Å². The highest BCUT2D eigenvalue weighted by Gasteiger charge is 2.26. The Kier molecular flexibility index (Phi) is 12.2. The zero-order chi connectivity index (χ0) is 26.1. The smallest absolute Gasteiger partial charge is 0.171 e. The predicted octanol–water partition coefficient (Wildman–Crippen LogP) is 7.94. The number of hydrogen-bond acceptors (Lipinski definition) is 4. The van der Waals surface area contributed by atoms with Gasteiger partial charge in [0, 0.05) is 0 Å². The molecule has 0 aromatic heterocycles. The van der Waals surface area contributed by atoms with E-state index in [2.05, 4.69) is 79.9 Å². The first-order chi connectivity index (χ1) is 15.7. The van der Waals surface area contributed by atoms with Crippen molar-refractivity contribution in [3.63, 3.8) is 0 Å². The van der Waals surface area contributed by atoms with Crippen LogP contribution in [0.5, 0.6) is 0 Å². The normalized spacial score (nSPS) is 14.2. The van der Waals surface area contributed by atoms with Crippen LogP contribution in [0.15, 0.2) is 12.1 Å². The van der Waals surface area contributed by atoms with Crippen LogP contribution >= 0.6 is 0 Å². The molecule has 34 heavy (non-hydrogen) atoms. The molecule has 0 spiro atoms. The van der Waals surface area contributed by atoms with Gasteiger partial charge in [0.05, 0.1) is 23.3 Å². The van der Waals surface area contributed by atoms with Gasteiger partial charge in [-0.25, -0.2) is 0 Å². The van der Waals surface area contributed by atoms with Crippen LogP contribution in [-0.4, -0.2) is 18.1 Å². The summed E-state index contributed by atoms with van der Waals surface area (Å²) in [4.78, 5) is 0. The van der Waals surface area contributed by atoms with Gasteiger partial charge in [-0.05, 0) is 73.8 Å². The fourth-order valence-corrected chi connectivity index (χ4v) is 6.18. The minimum absolute atomic E-state index is 0.135. The molecule has 0 N–H and O–H groups in total. The Hall–Kier alpha value is -1.45. The van der Waals surface area contributed by atoms with Crippen molar-refractivity contribution in [2.24, 2.45) is 10.8 Å². The zero-order valence-corrected chi connectivity index (χ0v) is 25.7. The molecule has 1 rings (SSSR count). The van der Waals surface area contributed by atoms with Crippen molar-refractivity contribution in [3.8, 4) is 12.1 Å². The molecule has 4 nitrogen and oxygen atoms in total. The second-order valence-corrected chi connectivity index (χ2v) is 17.2. The topological polar surface area (TPSA) is 66.0 Å². The second-order valence-electron chi connectivity index (χ2n) is 12.5. The lowest BCUT2D eigenvalue weighted by atomic mass is 9.85. The van der Waals surface area contributed by atoms with Gasteiger partial charge in [-0.15, -0.1) is 0 Å². The molecular formula is C28H48N2O2Si2. The maximum absolute atomic E-state index is 10.2. The molecular weight excluding hydrogens is 452 g/mol. The minimum Gasteiger partial charge on any atom is -0.414 e. The Morgan fingerprint density at radius 1 is 0.706 bits per heavy atom. The highest BCUT2D eigenvalue weighted by atomic mass is 28.3. The van der Waals surface area contributed by atoms with Gasteiger partial charge < -0.3 is 8.85 Å². The molecule has 0 fully saturated rings. The third kappa shape index (κ3) is 10.9. The van der Waals surface area contributed by atoms with Gasteiger partial charge in [0.2, 0.25) is 0 Å². The van der Waals surface area contributed by atoms with Gasteiger partial charge in [0.25, 0.3) is 0 Å². The summed E-state index contributed by atoms with van der Waals surface area (Å²) < 4.78 is 12.8. The van der Waals surface area contributed by atoms with Crippen LogP contribution in [-0.2, 0) is 8.85 Å². The molecule has 0 bridgehead atoms. The molecule has 190 valence electrons. The minimum atomic E-state index is -1.33. The number of nitrogens with zero attached hydrogens (tertiary/aromatic N) is 2. The van der Waals surface area contributed by atoms with Crippen molar-refractivity contribution >= 4 is 18.1 Å². The summed E-state index contributed by atoms with van der Waals surface area (Å²) in [5.41, 5.74) is 3.22. The molecule has 1 aromatic rings. The Labute approximate surface area is 213 Å². The molecule has 6 heteroatoms. The number of nitriles is 2. The number of benzene rings is 1. The van der Waals surface area contributed by atoms with Crippen molar-refractivity contribution in [1.82, 2.24) is 0 Å². The van der Waals surface area contributed by atoms with E-state index in [4.69, 9.17) is 8.85 Å². The van der Waals surface area contributed by atoms with Crippen molar-refractivity contribution in [2.45, 2.75) is 118 Å². The van der Waals surface area contributed by atoms with Crippen LogP contribution in [0.3, 0.4) is 0 Å². The van der Waals surface area contributed by atoms with Crippen molar-refractivity contribution in [2.75, 3.05) is 0 Å². The lowest BCUT2D eigenvalue weighted by Crippen LogP contribution is -2.19. The van der Waals surface area contributed by atoms with E-state index in [1.165, 1.54) is 0 Å². The Balaban J connectivity index is 3.38. The molecule has 0 amide bonds. The van der Waals surface area contributed by atoms with Crippen molar-refractivity contribution in [3.05, 3.63) is 34.4 Å². The Bertz CT molecular complexity index is 784. The van der Waals surface area contributed by atoms with Crippen LogP contribution in [0.25, 0.3) is 0 Å². The third-order valence-corrected chi connectivity index (χ3v) is 7.59. The van der Waals surface area contributed by atoms with Crippen LogP contribution in [0.4, 0.5) is 0 Å². The van der Waals surface area contributed by atoms with E-state index in [0.717, 1.165) is 49.7 Å². The molecule has 0 saturated carbocycles. The Morgan fingerprint density at radius 2 is 1.03 bits per heavy atom. The first-order valence-corrected chi connectivity index (χ1v) is 18.5. The van der Waals surface area contributed by atoms with Crippen LogP contribution in [0.2, 0.25) is 26.2 Å². The molecule has 0 aliphatic carbocycles. The van der Waals surface area contributed by atoms with Gasteiger partial charge in [-0.3, -0.25) is 0 Å². The highest BCUT2D eigenvalue weighted by Crippen LogP contribution is 2.36. The van der Waals surface area contributed by atoms with Crippen molar-refractivity contribution in [1.29, 1.82) is 10.5 Å². The summed E-state index contributed by atoms with van der Waals surface area (Å²) in [6.07, 6.45) is 5.72. The van der Waals surface area contributed by atoms with Crippen molar-refractivity contribution < 1.29 is 8.85 Å². The average molecular weight is 501 g/mol. The van der Waals surface area contributed by atoms with Gasteiger partial charge in [-0.1, -0.05) is 66.5 Å². The Morgan fingerprint density at radius 3 is 1.26 bits per heavy atom. The number of hydrogen-bond donors (Lipinski definition) is 0. The number of rotatable bonds is 12. The fraction of sp³-hybridized carbons (Fsp3) is 0.714. The van der Waals surface area contributed by atoms with E-state index >= 15 is 0 Å². The van der Waals surface area contributed by atoms with E-state index in [1.54, 1.807) is 0 Å². The molecule has 0 saturated heterocycles. The third-order valence-electron chi connectivity index (χ3n) is 5.85. The molecule has 2 atom stereocenters. The van der Waals surface area contributed by atoms with Gasteiger partial charge >= 0.3 is 0 Å². The molecule has 1 aromatic carbocycles. The quantitative estimate of drug-likeness (QED) is 0.273. The van der Waals surface area contributed by atoms with Crippen LogP contribution in [0, 0.1) is 33.5 Å². The first kappa shape index (κ1) is 30.6. The molecule has 0 aliphatic heterocycles. The molecule has 2 unspecified atom stereocenters. The zero-order valence-electron chi connectivity index (χ0n) is 23.4. The SMILES string of the molecule is C[SiH](C)OC(CCCC(C)(C)C)c1ccc(C(CCCC(C)(C)C)O[SiH](C)C)c(C#N)c1C#N. The summed E-state index contributed by atoms with van der Waals surface area (Å²) in [7, 11) is -2.67. The van der Waals surface area contributed by atoms with Gasteiger partial charge in [0.15, 0.2) is 18.1 Å². The van der Waals surface area contributed by atoms with Gasteiger partial charge in [-0.2, -0.15) is 10.5 Å². The summed E-state index contributed by atoms with van der Waals surface area (Å²) in [6, 6.07) is 8.82. The van der Waals surface area contributed by atoms with Gasteiger partial charge in [0.1, 0.15) is 12.1 Å². The van der Waals surface area contributed by atoms with E-state index in [0.29, 0.717) is 11.1 Å². The molecule has 0 radical (unpaired) electrons. The standard InChI is InChI=1S/C28H48N2O2Si2/c1-27(2,3)17-11-13-25(31-33(7)8)21-15-16-22(24(20-30)23(21)19-29)26(32-34(9)10)14-12-18-28(4,5)6/h15-16,25-26,33-34H,11-14,17-18H2,1-10H3. The average Bonchev–Trinajstić information content (AvgIpc) is 2.68. The molecule has 0 heterocycles. The maximum atomic E-state index is 10.2. The summed E-state index contributed by atoms with van der Waals surface area (Å²) in [5.74, 6) is 0. The monoisotopic (exact) mass is 500 g/mol. The largest absolute Gasteiger partial charge is 0.414 e. The van der Waals surface area contributed by atoms with E-state index in [1.807, 2.05) is 12.1 Å². The second kappa shape index (κ2) is 13.6. The summed E-state index contributed by atoms with van der Waals surface area (Å²) in [6.45, 7) is 22.2. The first-order valence-electron chi connectivity index (χ1n) is 13.0. The predicted molar refractivity (Wildman–Crippen MR) is 148 cm³/mol. The lowest BCUT2D eigenvalue weighted by molar-refractivity contribution is 0.182. The highest BCUT2D eigenvalue weighted by molar-refractivity contribution is 6.48.